The van der Waals surface area contributed by atoms with E-state index < -0.39 is 15.6 Å². The number of primary sulfonamides is 1. The van der Waals surface area contributed by atoms with E-state index in [4.69, 9.17) is 5.14 Å². The Kier molecular flexibility index (Phi) is 6.58. The fourth-order valence-corrected chi connectivity index (χ4v) is 2.97. The van der Waals surface area contributed by atoms with Crippen molar-refractivity contribution >= 4 is 16.0 Å². The number of aliphatic hydroxyl groups is 1. The van der Waals surface area contributed by atoms with Crippen molar-refractivity contribution < 1.29 is 13.5 Å². The number of nitrogens with two attached hydrogens (primary N) is 1. The van der Waals surface area contributed by atoms with Gasteiger partial charge in [0.05, 0.1) is 24.2 Å². The van der Waals surface area contributed by atoms with E-state index in [0.717, 1.165) is 0 Å². The highest BCUT2D eigenvalue weighted by molar-refractivity contribution is 7.89. The number of aryl methyl sites for hydroxylation is 1. The largest absolute Gasteiger partial charge is 0.383 e. The molecule has 0 radical (unpaired) electrons. The van der Waals surface area contributed by atoms with Gasteiger partial charge in [0.25, 0.3) is 0 Å². The average Bonchev–Trinajstić information content (AvgIpc) is 3.04. The second-order valence-corrected chi connectivity index (χ2v) is 7.98. The number of aromatic nitrogens is 2. The number of nitrogens with one attached hydrogen (secondary N) is 2. The van der Waals surface area contributed by atoms with Crippen LogP contribution in [0.1, 0.15) is 25.0 Å². The van der Waals surface area contributed by atoms with Crippen LogP contribution in [-0.4, -0.2) is 42.4 Å². The lowest BCUT2D eigenvalue weighted by molar-refractivity contribution is 0.0616. The van der Waals surface area contributed by atoms with Crippen LogP contribution in [0.15, 0.2) is 46.5 Å². The second-order valence-electron chi connectivity index (χ2n) is 6.42. The Labute approximate surface area is 159 Å². The molecule has 0 saturated heterocycles. The van der Waals surface area contributed by atoms with Crippen molar-refractivity contribution in [1.82, 2.24) is 20.4 Å². The minimum atomic E-state index is -3.75. The summed E-state index contributed by atoms with van der Waals surface area (Å²) in [5.41, 5.74) is 0.268. The Morgan fingerprint density at radius 3 is 2.74 bits per heavy atom. The number of sulfonamides is 1. The third-order valence-corrected chi connectivity index (χ3v) is 4.83. The highest BCUT2D eigenvalue weighted by atomic mass is 32.2. The summed E-state index contributed by atoms with van der Waals surface area (Å²) in [7, 11) is -1.97. The first-order chi connectivity index (χ1) is 12.6. The van der Waals surface area contributed by atoms with Gasteiger partial charge in [0.15, 0.2) is 5.96 Å². The summed E-state index contributed by atoms with van der Waals surface area (Å²) in [5.74, 6) is 0.502. The first kappa shape index (κ1) is 20.9. The molecule has 148 valence electrons. The molecule has 0 spiro atoms. The van der Waals surface area contributed by atoms with Crippen LogP contribution >= 0.6 is 0 Å². The summed E-state index contributed by atoms with van der Waals surface area (Å²) in [6.07, 6.45) is 3.37. The minimum absolute atomic E-state index is 0.0488. The molecule has 0 saturated carbocycles. The molecule has 10 heteroatoms. The van der Waals surface area contributed by atoms with Gasteiger partial charge < -0.3 is 15.7 Å². The standard InChI is InChI=1S/C17H26N6O3S/c1-4-19-16(21-12-17(2,24)14-10-22-23(3)11-14)20-9-13-6-5-7-15(8-13)27(18,25)26/h5-8,10-11,24H,4,9,12H2,1-3H3,(H2,18,25,26)(H2,19,20,21). The van der Waals surface area contributed by atoms with E-state index in [1.165, 1.54) is 12.1 Å². The lowest BCUT2D eigenvalue weighted by atomic mass is 10.00. The van der Waals surface area contributed by atoms with Gasteiger partial charge in [0.1, 0.15) is 5.60 Å². The third-order valence-electron chi connectivity index (χ3n) is 3.92. The van der Waals surface area contributed by atoms with E-state index in [1.54, 1.807) is 43.2 Å². The van der Waals surface area contributed by atoms with Crippen molar-refractivity contribution in [2.24, 2.45) is 17.2 Å². The molecule has 27 heavy (non-hydrogen) atoms. The van der Waals surface area contributed by atoms with E-state index in [9.17, 15) is 13.5 Å². The lowest BCUT2D eigenvalue weighted by Gasteiger charge is -2.23. The quantitative estimate of drug-likeness (QED) is 0.387. The van der Waals surface area contributed by atoms with Crippen LogP contribution in [0.5, 0.6) is 0 Å². The summed E-state index contributed by atoms with van der Waals surface area (Å²) in [5, 5.41) is 26.1. The van der Waals surface area contributed by atoms with Gasteiger partial charge >= 0.3 is 0 Å². The smallest absolute Gasteiger partial charge is 0.238 e. The second kappa shape index (κ2) is 8.51. The molecule has 0 amide bonds. The molecular weight excluding hydrogens is 368 g/mol. The van der Waals surface area contributed by atoms with Crippen LogP contribution in [0.4, 0.5) is 0 Å². The Hall–Kier alpha value is -2.43. The maximum atomic E-state index is 11.5. The zero-order valence-electron chi connectivity index (χ0n) is 15.7. The minimum Gasteiger partial charge on any atom is -0.383 e. The molecule has 1 aromatic carbocycles. The van der Waals surface area contributed by atoms with Gasteiger partial charge in [0.2, 0.25) is 10.0 Å². The van der Waals surface area contributed by atoms with Gasteiger partial charge in [-0.15, -0.1) is 0 Å². The van der Waals surface area contributed by atoms with Gasteiger partial charge in [-0.1, -0.05) is 12.1 Å². The average molecular weight is 395 g/mol. The molecule has 0 bridgehead atoms. The Morgan fingerprint density at radius 2 is 2.15 bits per heavy atom. The predicted octanol–water partition coefficient (Wildman–Crippen LogP) is 0.0303. The normalized spacial score (nSPS) is 14.6. The van der Waals surface area contributed by atoms with Crippen molar-refractivity contribution in [3.63, 3.8) is 0 Å². The SMILES string of the molecule is CCNC(=NCc1cccc(S(N)(=O)=O)c1)NCC(C)(O)c1cnn(C)c1. The van der Waals surface area contributed by atoms with Crippen LogP contribution < -0.4 is 15.8 Å². The molecule has 2 rings (SSSR count). The van der Waals surface area contributed by atoms with E-state index in [-0.39, 0.29) is 18.0 Å². The predicted molar refractivity (Wildman–Crippen MR) is 103 cm³/mol. The Bertz CT molecular complexity index is 905. The van der Waals surface area contributed by atoms with Crippen LogP contribution in [0.25, 0.3) is 0 Å². The number of hydrogen-bond acceptors (Lipinski definition) is 5. The molecule has 5 N–H and O–H groups in total. The van der Waals surface area contributed by atoms with Crippen molar-refractivity contribution in [3.8, 4) is 0 Å². The summed E-state index contributed by atoms with van der Waals surface area (Å²) in [6, 6.07) is 6.33. The van der Waals surface area contributed by atoms with Crippen LogP contribution in [-0.2, 0) is 29.2 Å². The number of guanidine groups is 1. The van der Waals surface area contributed by atoms with E-state index in [2.05, 4.69) is 20.7 Å². The Balaban J connectivity index is 2.08. The van der Waals surface area contributed by atoms with Gasteiger partial charge in [-0.2, -0.15) is 5.10 Å². The van der Waals surface area contributed by atoms with E-state index >= 15 is 0 Å². The van der Waals surface area contributed by atoms with Crippen LogP contribution in [0.2, 0.25) is 0 Å². The van der Waals surface area contributed by atoms with Crippen molar-refractivity contribution in [2.45, 2.75) is 30.9 Å². The maximum absolute atomic E-state index is 11.5. The molecule has 0 aliphatic carbocycles. The Morgan fingerprint density at radius 1 is 1.41 bits per heavy atom. The molecule has 1 atom stereocenters. The molecule has 2 aromatic rings. The first-order valence-corrected chi connectivity index (χ1v) is 10.0. The summed E-state index contributed by atoms with van der Waals surface area (Å²) in [6.45, 7) is 4.74. The molecule has 0 aliphatic rings. The fourth-order valence-electron chi connectivity index (χ4n) is 2.39. The molecule has 1 aromatic heterocycles. The molecule has 1 unspecified atom stereocenters. The molecule has 0 aliphatic heterocycles. The summed E-state index contributed by atoms with van der Waals surface area (Å²) in [4.78, 5) is 4.48. The number of aliphatic imine (C=N–C) groups is 1. The van der Waals surface area contributed by atoms with Crippen LogP contribution in [0, 0.1) is 0 Å². The summed E-state index contributed by atoms with van der Waals surface area (Å²) >= 11 is 0. The lowest BCUT2D eigenvalue weighted by Crippen LogP contribution is -2.44. The zero-order valence-corrected chi connectivity index (χ0v) is 16.5. The number of benzene rings is 1. The van der Waals surface area contributed by atoms with Crippen molar-refractivity contribution in [3.05, 3.63) is 47.8 Å². The highest BCUT2D eigenvalue weighted by Crippen LogP contribution is 2.18. The number of rotatable bonds is 7. The van der Waals surface area contributed by atoms with Crippen LogP contribution in [0.3, 0.4) is 0 Å². The first-order valence-electron chi connectivity index (χ1n) is 8.47. The highest BCUT2D eigenvalue weighted by Gasteiger charge is 2.25. The molecular formula is C17H26N6O3S. The molecule has 9 nitrogen and oxygen atoms in total. The van der Waals surface area contributed by atoms with E-state index in [0.29, 0.717) is 23.6 Å². The summed E-state index contributed by atoms with van der Waals surface area (Å²) < 4.78 is 24.5. The molecule has 0 fully saturated rings. The van der Waals surface area contributed by atoms with Crippen molar-refractivity contribution in [1.29, 1.82) is 0 Å². The van der Waals surface area contributed by atoms with E-state index in [1.807, 2.05) is 6.92 Å². The van der Waals surface area contributed by atoms with Gasteiger partial charge in [-0.05, 0) is 31.5 Å². The van der Waals surface area contributed by atoms with Gasteiger partial charge in [0, 0.05) is 25.4 Å². The number of hydrogen-bond donors (Lipinski definition) is 4. The molecule has 1 heterocycles. The topological polar surface area (TPSA) is 135 Å². The maximum Gasteiger partial charge on any atom is 0.238 e. The fraction of sp³-hybridized carbons (Fsp3) is 0.412. The van der Waals surface area contributed by atoms with Gasteiger partial charge in [-0.3, -0.25) is 4.68 Å². The number of nitrogens with zero attached hydrogens (tertiary/aromatic N) is 3. The van der Waals surface area contributed by atoms with Crippen molar-refractivity contribution in [2.75, 3.05) is 13.1 Å². The monoisotopic (exact) mass is 394 g/mol. The zero-order chi connectivity index (χ0) is 20.1. The van der Waals surface area contributed by atoms with Gasteiger partial charge in [-0.25, -0.2) is 18.5 Å². The third kappa shape index (κ3) is 6.05.